The van der Waals surface area contributed by atoms with Crippen molar-refractivity contribution < 1.29 is 14.7 Å². The van der Waals surface area contributed by atoms with E-state index in [4.69, 9.17) is 5.11 Å². The molecule has 0 aliphatic heterocycles. The van der Waals surface area contributed by atoms with Crippen LogP contribution in [0.25, 0.3) is 0 Å². The zero-order chi connectivity index (χ0) is 12.2. The van der Waals surface area contributed by atoms with Gasteiger partial charge in [-0.05, 0) is 13.8 Å². The summed E-state index contributed by atoms with van der Waals surface area (Å²) in [7, 11) is 0. The highest BCUT2D eigenvalue weighted by Gasteiger charge is 2.28. The summed E-state index contributed by atoms with van der Waals surface area (Å²) < 4.78 is 0. The lowest BCUT2D eigenvalue weighted by Gasteiger charge is -2.20. The van der Waals surface area contributed by atoms with Crippen LogP contribution in [0.2, 0.25) is 0 Å². The average Bonchev–Trinajstić information content (AvgIpc) is 2.66. The molecule has 6 nitrogen and oxygen atoms in total. The van der Waals surface area contributed by atoms with Crippen molar-refractivity contribution in [3.05, 3.63) is 16.6 Å². The smallest absolute Gasteiger partial charge is 0.328 e. The van der Waals surface area contributed by atoms with E-state index in [1.54, 1.807) is 11.7 Å². The zero-order valence-electron chi connectivity index (χ0n) is 8.98. The molecule has 0 unspecified atom stereocenters. The molecule has 0 aliphatic carbocycles. The van der Waals surface area contributed by atoms with Gasteiger partial charge in [-0.25, -0.2) is 9.59 Å². The van der Waals surface area contributed by atoms with Crippen LogP contribution in [0.3, 0.4) is 0 Å². The fourth-order valence-electron chi connectivity index (χ4n) is 0.878. The first kappa shape index (κ1) is 12.4. The maximum Gasteiger partial charge on any atom is 0.328 e. The largest absolute Gasteiger partial charge is 0.480 e. The Balaban J connectivity index is 2.39. The Morgan fingerprint density at radius 1 is 1.56 bits per heavy atom. The first-order chi connectivity index (χ1) is 7.42. The lowest BCUT2D eigenvalue weighted by Crippen LogP contribution is -2.52. The summed E-state index contributed by atoms with van der Waals surface area (Å²) in [4.78, 5) is 26.9. The minimum absolute atomic E-state index is 0.339. The fraction of sp³-hybridized carbons (Fsp3) is 0.444. The topological polar surface area (TPSA) is 91.3 Å². The van der Waals surface area contributed by atoms with Gasteiger partial charge in [-0.2, -0.15) is 0 Å². The van der Waals surface area contributed by atoms with Crippen molar-refractivity contribution >= 4 is 23.3 Å². The molecule has 0 aliphatic rings. The molecule has 1 rings (SSSR count). The second-order valence-electron chi connectivity index (χ2n) is 3.71. The van der Waals surface area contributed by atoms with E-state index < -0.39 is 17.5 Å². The molecule has 0 atom stereocenters. The molecule has 0 fully saturated rings. The van der Waals surface area contributed by atoms with Crippen LogP contribution < -0.4 is 10.6 Å². The van der Waals surface area contributed by atoms with E-state index in [1.165, 1.54) is 25.2 Å². The Kier molecular flexibility index (Phi) is 3.83. The molecule has 7 heteroatoms. The summed E-state index contributed by atoms with van der Waals surface area (Å²) in [5, 5.41) is 13.7. The molecule has 0 radical (unpaired) electrons. The van der Waals surface area contributed by atoms with Crippen molar-refractivity contribution in [3.8, 4) is 0 Å². The summed E-state index contributed by atoms with van der Waals surface area (Å²) in [6.45, 7) is 3.18. The number of nitrogens with zero attached hydrogens (tertiary/aromatic N) is 1. The number of thiazole rings is 1. The summed E-state index contributed by atoms with van der Waals surface area (Å²) in [5.74, 6) is -1.08. The summed E-state index contributed by atoms with van der Waals surface area (Å²) >= 11 is 1.42. The molecule has 2 amide bonds. The highest BCUT2D eigenvalue weighted by molar-refractivity contribution is 7.09. The Bertz CT molecular complexity index is 375. The average molecular weight is 243 g/mol. The number of carbonyl (C=O) groups excluding carboxylic acids is 1. The van der Waals surface area contributed by atoms with Crippen LogP contribution >= 0.6 is 11.3 Å². The van der Waals surface area contributed by atoms with E-state index in [-0.39, 0.29) is 0 Å². The summed E-state index contributed by atoms with van der Waals surface area (Å²) in [6, 6.07) is -0.513. The Labute approximate surface area is 96.7 Å². The van der Waals surface area contributed by atoms with Crippen LogP contribution in [0, 0.1) is 0 Å². The molecule has 0 saturated heterocycles. The van der Waals surface area contributed by atoms with Gasteiger partial charge >= 0.3 is 12.0 Å². The van der Waals surface area contributed by atoms with E-state index in [0.717, 1.165) is 4.88 Å². The van der Waals surface area contributed by atoms with Gasteiger partial charge in [0.25, 0.3) is 0 Å². The number of hydrogen-bond donors (Lipinski definition) is 3. The highest BCUT2D eigenvalue weighted by Crippen LogP contribution is 2.05. The fourth-order valence-corrected chi connectivity index (χ4v) is 1.41. The van der Waals surface area contributed by atoms with Gasteiger partial charge in [0.05, 0.1) is 12.1 Å². The Hall–Kier alpha value is -1.63. The standard InChI is InChI=1S/C9H13N3O3S/c1-9(2,7(13)14)12-8(15)11-4-6-3-10-5-16-6/h3,5H,4H2,1-2H3,(H,13,14)(H2,11,12,15). The van der Waals surface area contributed by atoms with Crippen molar-refractivity contribution in [1.29, 1.82) is 0 Å². The van der Waals surface area contributed by atoms with Crippen LogP contribution in [0.4, 0.5) is 4.79 Å². The number of carboxylic acids is 1. The monoisotopic (exact) mass is 243 g/mol. The summed E-state index contributed by atoms with van der Waals surface area (Å²) in [5.41, 5.74) is 0.383. The number of amides is 2. The predicted octanol–water partition coefficient (Wildman–Crippen LogP) is 0.805. The number of urea groups is 1. The van der Waals surface area contributed by atoms with Crippen molar-refractivity contribution in [2.24, 2.45) is 0 Å². The van der Waals surface area contributed by atoms with E-state index >= 15 is 0 Å². The first-order valence-corrected chi connectivity index (χ1v) is 5.46. The summed E-state index contributed by atoms with van der Waals surface area (Å²) in [6.07, 6.45) is 1.65. The minimum atomic E-state index is -1.28. The highest BCUT2D eigenvalue weighted by atomic mass is 32.1. The molecule has 0 bridgehead atoms. The van der Waals surface area contributed by atoms with Crippen LogP contribution in [-0.2, 0) is 11.3 Å². The number of rotatable bonds is 4. The van der Waals surface area contributed by atoms with Gasteiger partial charge in [0.2, 0.25) is 0 Å². The van der Waals surface area contributed by atoms with Crippen molar-refractivity contribution in [2.45, 2.75) is 25.9 Å². The predicted molar refractivity (Wildman–Crippen MR) is 59.2 cm³/mol. The van der Waals surface area contributed by atoms with Gasteiger partial charge in [-0.3, -0.25) is 4.98 Å². The third kappa shape index (κ3) is 3.50. The molecule has 16 heavy (non-hydrogen) atoms. The SMILES string of the molecule is CC(C)(NC(=O)NCc1cncs1)C(=O)O. The maximum absolute atomic E-state index is 11.4. The zero-order valence-corrected chi connectivity index (χ0v) is 9.80. The van der Waals surface area contributed by atoms with Crippen molar-refractivity contribution in [2.75, 3.05) is 0 Å². The third-order valence-corrected chi connectivity index (χ3v) is 2.65. The minimum Gasteiger partial charge on any atom is -0.480 e. The van der Waals surface area contributed by atoms with Gasteiger partial charge in [0, 0.05) is 11.1 Å². The number of hydrogen-bond acceptors (Lipinski definition) is 4. The van der Waals surface area contributed by atoms with Crippen LogP contribution in [0.15, 0.2) is 11.7 Å². The maximum atomic E-state index is 11.4. The Morgan fingerprint density at radius 3 is 2.75 bits per heavy atom. The number of aromatic nitrogens is 1. The van der Waals surface area contributed by atoms with E-state index in [2.05, 4.69) is 15.6 Å². The van der Waals surface area contributed by atoms with E-state index in [9.17, 15) is 9.59 Å². The second kappa shape index (κ2) is 4.93. The molecule has 1 aromatic rings. The van der Waals surface area contributed by atoms with Crippen molar-refractivity contribution in [1.82, 2.24) is 15.6 Å². The third-order valence-electron chi connectivity index (χ3n) is 1.87. The lowest BCUT2D eigenvalue weighted by molar-refractivity contribution is -0.142. The molecule has 0 aromatic carbocycles. The molecule has 0 spiro atoms. The quantitative estimate of drug-likeness (QED) is 0.729. The van der Waals surface area contributed by atoms with Gasteiger partial charge in [0.15, 0.2) is 0 Å². The normalized spacial score (nSPS) is 10.9. The van der Waals surface area contributed by atoms with Crippen LogP contribution in [0.5, 0.6) is 0 Å². The van der Waals surface area contributed by atoms with Gasteiger partial charge in [-0.1, -0.05) is 0 Å². The number of carbonyl (C=O) groups is 2. The number of aliphatic carboxylic acids is 1. The number of nitrogens with one attached hydrogen (secondary N) is 2. The lowest BCUT2D eigenvalue weighted by atomic mass is 10.1. The van der Waals surface area contributed by atoms with Gasteiger partial charge in [0.1, 0.15) is 5.54 Å². The molecule has 3 N–H and O–H groups in total. The number of carboxylic acid groups (broad SMARTS) is 1. The van der Waals surface area contributed by atoms with Gasteiger partial charge in [-0.15, -0.1) is 11.3 Å². The molecular weight excluding hydrogens is 230 g/mol. The first-order valence-electron chi connectivity index (χ1n) is 4.58. The molecule has 1 aromatic heterocycles. The van der Waals surface area contributed by atoms with E-state index in [1.807, 2.05) is 0 Å². The Morgan fingerprint density at radius 2 is 2.25 bits per heavy atom. The van der Waals surface area contributed by atoms with Crippen LogP contribution in [0.1, 0.15) is 18.7 Å². The van der Waals surface area contributed by atoms with Crippen LogP contribution in [-0.4, -0.2) is 27.6 Å². The molecular formula is C9H13N3O3S. The second-order valence-corrected chi connectivity index (χ2v) is 4.68. The van der Waals surface area contributed by atoms with Crippen molar-refractivity contribution in [3.63, 3.8) is 0 Å². The molecule has 0 saturated carbocycles. The molecule has 88 valence electrons. The van der Waals surface area contributed by atoms with E-state index in [0.29, 0.717) is 6.54 Å². The molecule has 1 heterocycles. The van der Waals surface area contributed by atoms with Gasteiger partial charge < -0.3 is 15.7 Å².